The lowest BCUT2D eigenvalue weighted by atomic mass is 9.72. The minimum Gasteiger partial charge on any atom is -0.321 e. The Morgan fingerprint density at radius 3 is 2.69 bits per heavy atom. The van der Waals surface area contributed by atoms with Crippen LogP contribution in [0.4, 0.5) is 10.7 Å². The quantitative estimate of drug-likeness (QED) is 0.335. The van der Waals surface area contributed by atoms with Crippen LogP contribution < -0.4 is 10.6 Å². The fourth-order valence-electron chi connectivity index (χ4n) is 4.25. The van der Waals surface area contributed by atoms with Gasteiger partial charge in [0.25, 0.3) is 5.91 Å². The molecule has 1 aliphatic carbocycles. The maximum absolute atomic E-state index is 13.0. The SMILES string of the molecule is CC(Sc1cccc(NC(=O)c2cccs2)c1)C(=O)Nc1sc2c(c1C#N)CCC(C(C)(C)C)C2. The molecule has 1 aromatic carbocycles. The molecule has 35 heavy (non-hydrogen) atoms. The van der Waals surface area contributed by atoms with Crippen LogP contribution in [-0.4, -0.2) is 17.1 Å². The van der Waals surface area contributed by atoms with Gasteiger partial charge >= 0.3 is 0 Å². The van der Waals surface area contributed by atoms with E-state index in [0.29, 0.717) is 27.0 Å². The van der Waals surface area contributed by atoms with Crippen molar-refractivity contribution < 1.29 is 9.59 Å². The summed E-state index contributed by atoms with van der Waals surface area (Å²) in [5.74, 6) is 0.295. The Kier molecular flexibility index (Phi) is 7.70. The van der Waals surface area contributed by atoms with Crippen molar-refractivity contribution in [2.24, 2.45) is 11.3 Å². The number of hydrogen-bond acceptors (Lipinski definition) is 6. The average Bonchev–Trinajstić information content (AvgIpc) is 3.46. The molecule has 2 unspecified atom stereocenters. The summed E-state index contributed by atoms with van der Waals surface area (Å²) in [6.07, 6.45) is 2.92. The molecule has 2 amide bonds. The maximum atomic E-state index is 13.0. The first-order valence-electron chi connectivity index (χ1n) is 11.6. The van der Waals surface area contributed by atoms with Crippen LogP contribution in [0.1, 0.15) is 59.8 Å². The molecule has 5 nitrogen and oxygen atoms in total. The van der Waals surface area contributed by atoms with Gasteiger partial charge in [0.1, 0.15) is 11.1 Å². The highest BCUT2D eigenvalue weighted by Gasteiger charge is 2.32. The third-order valence-electron chi connectivity index (χ3n) is 6.36. The van der Waals surface area contributed by atoms with E-state index in [9.17, 15) is 14.9 Å². The van der Waals surface area contributed by atoms with E-state index in [1.54, 1.807) is 17.4 Å². The Labute approximate surface area is 219 Å². The molecule has 0 saturated heterocycles. The second-order valence-electron chi connectivity index (χ2n) is 9.83. The van der Waals surface area contributed by atoms with Crippen LogP contribution in [0.3, 0.4) is 0 Å². The molecule has 182 valence electrons. The van der Waals surface area contributed by atoms with Crippen LogP contribution in [0.5, 0.6) is 0 Å². The van der Waals surface area contributed by atoms with Gasteiger partial charge in [-0.3, -0.25) is 9.59 Å². The molecule has 2 N–H and O–H groups in total. The van der Waals surface area contributed by atoms with Crippen molar-refractivity contribution in [1.82, 2.24) is 0 Å². The van der Waals surface area contributed by atoms with E-state index in [0.717, 1.165) is 29.7 Å². The number of thioether (sulfide) groups is 1. The molecule has 0 aliphatic heterocycles. The first kappa shape index (κ1) is 25.5. The summed E-state index contributed by atoms with van der Waals surface area (Å²) in [5.41, 5.74) is 2.65. The molecule has 0 saturated carbocycles. The monoisotopic (exact) mass is 523 g/mol. The zero-order valence-electron chi connectivity index (χ0n) is 20.3. The number of anilines is 2. The summed E-state index contributed by atoms with van der Waals surface area (Å²) in [6.45, 7) is 8.66. The van der Waals surface area contributed by atoms with Gasteiger partial charge in [-0.05, 0) is 72.7 Å². The van der Waals surface area contributed by atoms with Gasteiger partial charge in [-0.15, -0.1) is 34.4 Å². The highest BCUT2D eigenvalue weighted by Crippen LogP contribution is 2.44. The van der Waals surface area contributed by atoms with Crippen molar-refractivity contribution in [1.29, 1.82) is 5.26 Å². The van der Waals surface area contributed by atoms with Crippen LogP contribution in [-0.2, 0) is 17.6 Å². The third-order valence-corrected chi connectivity index (χ3v) is 9.49. The lowest BCUT2D eigenvalue weighted by Crippen LogP contribution is -2.26. The fraction of sp³-hybridized carbons (Fsp3) is 0.370. The Balaban J connectivity index is 1.42. The lowest BCUT2D eigenvalue weighted by Gasteiger charge is -2.33. The predicted molar refractivity (Wildman–Crippen MR) is 147 cm³/mol. The fourth-order valence-corrected chi connectivity index (χ4v) is 7.08. The number of hydrogen-bond donors (Lipinski definition) is 2. The lowest BCUT2D eigenvalue weighted by molar-refractivity contribution is -0.115. The summed E-state index contributed by atoms with van der Waals surface area (Å²) in [7, 11) is 0. The number of rotatable bonds is 6. The van der Waals surface area contributed by atoms with Crippen LogP contribution in [0.15, 0.2) is 46.7 Å². The minimum atomic E-state index is -0.369. The summed E-state index contributed by atoms with van der Waals surface area (Å²) < 4.78 is 0. The van der Waals surface area contributed by atoms with Crippen LogP contribution in [0.25, 0.3) is 0 Å². The summed E-state index contributed by atoms with van der Waals surface area (Å²) in [6, 6.07) is 13.5. The molecule has 2 heterocycles. The molecule has 3 aromatic rings. The molecule has 1 aliphatic rings. The molecule has 2 aromatic heterocycles. The minimum absolute atomic E-state index is 0.134. The zero-order valence-corrected chi connectivity index (χ0v) is 22.8. The predicted octanol–water partition coefficient (Wildman–Crippen LogP) is 7.20. The van der Waals surface area contributed by atoms with Gasteiger partial charge in [0, 0.05) is 15.5 Å². The zero-order chi connectivity index (χ0) is 25.2. The Morgan fingerprint density at radius 1 is 1.20 bits per heavy atom. The van der Waals surface area contributed by atoms with E-state index in [2.05, 4.69) is 37.5 Å². The largest absolute Gasteiger partial charge is 0.321 e. The van der Waals surface area contributed by atoms with Gasteiger partial charge < -0.3 is 10.6 Å². The van der Waals surface area contributed by atoms with E-state index < -0.39 is 0 Å². The van der Waals surface area contributed by atoms with Crippen molar-refractivity contribution in [2.45, 2.75) is 57.1 Å². The number of nitriles is 1. The van der Waals surface area contributed by atoms with Gasteiger partial charge in [-0.1, -0.05) is 32.9 Å². The molecule has 0 bridgehead atoms. The van der Waals surface area contributed by atoms with Gasteiger partial charge in [-0.25, -0.2) is 0 Å². The summed E-state index contributed by atoms with van der Waals surface area (Å²) in [5, 5.41) is 17.9. The number of fused-ring (bicyclic) bond motifs is 1. The first-order chi connectivity index (χ1) is 16.7. The van der Waals surface area contributed by atoms with Gasteiger partial charge in [0.15, 0.2) is 0 Å². The van der Waals surface area contributed by atoms with Gasteiger partial charge in [0.2, 0.25) is 5.91 Å². The smallest absolute Gasteiger partial charge is 0.265 e. The second kappa shape index (κ2) is 10.6. The van der Waals surface area contributed by atoms with Crippen molar-refractivity contribution >= 4 is 56.9 Å². The number of nitrogens with zero attached hydrogens (tertiary/aromatic N) is 1. The van der Waals surface area contributed by atoms with Crippen LogP contribution >= 0.6 is 34.4 Å². The normalized spacial score (nSPS) is 16.1. The Bertz CT molecular complexity index is 1270. The maximum Gasteiger partial charge on any atom is 0.265 e. The topological polar surface area (TPSA) is 82.0 Å². The molecule has 2 atom stereocenters. The van der Waals surface area contributed by atoms with Gasteiger partial charge in [-0.2, -0.15) is 5.26 Å². The van der Waals surface area contributed by atoms with Crippen molar-refractivity contribution in [3.8, 4) is 6.07 Å². The number of carbonyl (C=O) groups excluding carboxylic acids is 2. The average molecular weight is 524 g/mol. The van der Waals surface area contributed by atoms with Crippen molar-refractivity contribution in [2.75, 3.05) is 10.6 Å². The molecule has 8 heteroatoms. The number of benzene rings is 1. The highest BCUT2D eigenvalue weighted by molar-refractivity contribution is 8.00. The van der Waals surface area contributed by atoms with Crippen molar-refractivity contribution in [3.05, 3.63) is 62.7 Å². The molecule has 0 radical (unpaired) electrons. The number of amides is 2. The number of thiophene rings is 2. The van der Waals surface area contributed by atoms with E-state index >= 15 is 0 Å². The Morgan fingerprint density at radius 2 is 2.00 bits per heavy atom. The third kappa shape index (κ3) is 5.97. The molecule has 0 fully saturated rings. The van der Waals surface area contributed by atoms with Crippen LogP contribution in [0.2, 0.25) is 0 Å². The first-order valence-corrected chi connectivity index (χ1v) is 14.2. The second-order valence-corrected chi connectivity index (χ2v) is 13.3. The van der Waals surface area contributed by atoms with Crippen LogP contribution in [0, 0.1) is 22.7 Å². The summed E-state index contributed by atoms with van der Waals surface area (Å²) in [4.78, 5) is 28.1. The standard InChI is InChI=1S/C27H29N3O2S3/c1-16(34-19-8-5-7-18(14-19)29-25(32)22-9-6-12-33-22)24(31)30-26-21(15-28)20-11-10-17(27(2,3)4)13-23(20)35-26/h5-9,12,14,16-17H,10-11,13H2,1-4H3,(H,29,32)(H,30,31). The molecule has 0 spiro atoms. The van der Waals surface area contributed by atoms with E-state index in [1.165, 1.54) is 28.0 Å². The molecular weight excluding hydrogens is 495 g/mol. The summed E-state index contributed by atoms with van der Waals surface area (Å²) >= 11 is 4.37. The van der Waals surface area contributed by atoms with E-state index in [-0.39, 0.29) is 22.5 Å². The highest BCUT2D eigenvalue weighted by atomic mass is 32.2. The number of nitrogens with one attached hydrogen (secondary N) is 2. The number of carbonyl (C=O) groups is 2. The van der Waals surface area contributed by atoms with E-state index in [4.69, 9.17) is 0 Å². The molecule has 4 rings (SSSR count). The van der Waals surface area contributed by atoms with E-state index in [1.807, 2.05) is 42.6 Å². The van der Waals surface area contributed by atoms with Gasteiger partial charge in [0.05, 0.1) is 15.7 Å². The van der Waals surface area contributed by atoms with Crippen molar-refractivity contribution in [3.63, 3.8) is 0 Å². The molecular formula is C27H29N3O2S3. The Hall–Kier alpha value is -2.60.